The highest BCUT2D eigenvalue weighted by Crippen LogP contribution is 2.19. The Labute approximate surface area is 85.7 Å². The monoisotopic (exact) mass is 206 g/mol. The largest absolute Gasteiger partial charge is 0.479 e. The van der Waals surface area contributed by atoms with Gasteiger partial charge in [0.25, 0.3) is 0 Å². The summed E-state index contributed by atoms with van der Waals surface area (Å²) in [6, 6.07) is 5.25. The number of aromatic nitrogens is 2. The van der Waals surface area contributed by atoms with Crippen molar-refractivity contribution in [1.29, 1.82) is 0 Å². The van der Waals surface area contributed by atoms with Gasteiger partial charge in [-0.25, -0.2) is 4.79 Å². The number of nitrogens with zero attached hydrogens (tertiary/aromatic N) is 1. The molecule has 5 nitrogen and oxygen atoms in total. The van der Waals surface area contributed by atoms with E-state index in [1.807, 2.05) is 0 Å². The normalized spacial score (nSPS) is 12.6. The maximum atomic E-state index is 10.6. The SMILES string of the molecule is C[C@@H](Oc1ccc2[nH]ncc2c1)C(=O)O. The summed E-state index contributed by atoms with van der Waals surface area (Å²) in [5, 5.41) is 16.2. The summed E-state index contributed by atoms with van der Waals surface area (Å²) in [4.78, 5) is 10.6. The lowest BCUT2D eigenvalue weighted by Crippen LogP contribution is -2.22. The van der Waals surface area contributed by atoms with Crippen LogP contribution in [0.25, 0.3) is 10.9 Å². The van der Waals surface area contributed by atoms with Crippen LogP contribution in [0, 0.1) is 0 Å². The van der Waals surface area contributed by atoms with Crippen molar-refractivity contribution in [3.63, 3.8) is 0 Å². The van der Waals surface area contributed by atoms with Crippen LogP contribution in [0.4, 0.5) is 0 Å². The van der Waals surface area contributed by atoms with Gasteiger partial charge in [-0.2, -0.15) is 5.10 Å². The lowest BCUT2D eigenvalue weighted by Gasteiger charge is -2.09. The average Bonchev–Trinajstić information content (AvgIpc) is 2.64. The van der Waals surface area contributed by atoms with E-state index in [1.54, 1.807) is 24.4 Å². The number of fused-ring (bicyclic) bond motifs is 1. The minimum atomic E-state index is -0.984. The number of hydrogen-bond donors (Lipinski definition) is 2. The lowest BCUT2D eigenvalue weighted by atomic mass is 10.2. The number of H-pyrrole nitrogens is 1. The maximum absolute atomic E-state index is 10.6. The molecule has 0 amide bonds. The first-order valence-corrected chi connectivity index (χ1v) is 4.49. The molecule has 1 aromatic carbocycles. The van der Waals surface area contributed by atoms with Gasteiger partial charge in [0.1, 0.15) is 5.75 Å². The van der Waals surface area contributed by atoms with Crippen LogP contribution >= 0.6 is 0 Å². The summed E-state index contributed by atoms with van der Waals surface area (Å²) in [6.07, 6.45) is 0.808. The Morgan fingerprint density at radius 3 is 3.13 bits per heavy atom. The Hall–Kier alpha value is -2.04. The van der Waals surface area contributed by atoms with Crippen LogP contribution in [0.3, 0.4) is 0 Å². The molecule has 0 aliphatic heterocycles. The van der Waals surface area contributed by atoms with E-state index in [9.17, 15) is 4.79 Å². The summed E-state index contributed by atoms with van der Waals surface area (Å²) in [5.74, 6) is -0.457. The van der Waals surface area contributed by atoms with E-state index < -0.39 is 12.1 Å². The molecule has 0 aliphatic carbocycles. The second-order valence-corrected chi connectivity index (χ2v) is 3.22. The molecule has 0 radical (unpaired) electrons. The highest BCUT2D eigenvalue weighted by Gasteiger charge is 2.12. The number of aromatic amines is 1. The Morgan fingerprint density at radius 2 is 2.40 bits per heavy atom. The van der Waals surface area contributed by atoms with Crippen LogP contribution in [0.5, 0.6) is 5.75 Å². The van der Waals surface area contributed by atoms with Gasteiger partial charge in [0.2, 0.25) is 0 Å². The molecule has 2 N–H and O–H groups in total. The smallest absolute Gasteiger partial charge is 0.344 e. The zero-order chi connectivity index (χ0) is 10.8. The van der Waals surface area contributed by atoms with Crippen molar-refractivity contribution in [2.45, 2.75) is 13.0 Å². The molecule has 0 saturated heterocycles. The first-order chi connectivity index (χ1) is 7.16. The molecule has 1 heterocycles. The lowest BCUT2D eigenvalue weighted by molar-refractivity contribution is -0.144. The summed E-state index contributed by atoms with van der Waals surface area (Å²) in [7, 11) is 0. The molecule has 1 aromatic heterocycles. The standard InChI is InChI=1S/C10H10N2O3/c1-6(10(13)14)15-8-2-3-9-7(4-8)5-11-12-9/h2-6H,1H3,(H,11,12)(H,13,14)/t6-/m1/s1. The van der Waals surface area contributed by atoms with E-state index in [4.69, 9.17) is 9.84 Å². The summed E-state index contributed by atoms with van der Waals surface area (Å²) in [6.45, 7) is 1.49. The van der Waals surface area contributed by atoms with Crippen molar-refractivity contribution < 1.29 is 14.6 Å². The molecular formula is C10H10N2O3. The van der Waals surface area contributed by atoms with E-state index in [0.29, 0.717) is 5.75 Å². The third-order valence-electron chi connectivity index (χ3n) is 2.07. The first kappa shape index (κ1) is 9.51. The van der Waals surface area contributed by atoms with Crippen LogP contribution in [0.1, 0.15) is 6.92 Å². The number of rotatable bonds is 3. The molecule has 1 atom stereocenters. The molecule has 0 fully saturated rings. The molecule has 15 heavy (non-hydrogen) atoms. The number of hydrogen-bond acceptors (Lipinski definition) is 3. The third kappa shape index (κ3) is 1.90. The summed E-state index contributed by atoms with van der Waals surface area (Å²) >= 11 is 0. The number of aliphatic carboxylic acids is 1. The van der Waals surface area contributed by atoms with E-state index in [-0.39, 0.29) is 0 Å². The minimum absolute atomic E-state index is 0.527. The van der Waals surface area contributed by atoms with Crippen molar-refractivity contribution in [1.82, 2.24) is 10.2 Å². The van der Waals surface area contributed by atoms with Crippen molar-refractivity contribution >= 4 is 16.9 Å². The summed E-state index contributed by atoms with van der Waals surface area (Å²) < 4.78 is 5.21. The van der Waals surface area contributed by atoms with Crippen molar-refractivity contribution in [3.8, 4) is 5.75 Å². The molecule has 78 valence electrons. The van der Waals surface area contributed by atoms with Crippen molar-refractivity contribution in [3.05, 3.63) is 24.4 Å². The van der Waals surface area contributed by atoms with Gasteiger partial charge in [-0.05, 0) is 25.1 Å². The predicted octanol–water partition coefficient (Wildman–Crippen LogP) is 1.41. The van der Waals surface area contributed by atoms with Crippen LogP contribution in [-0.4, -0.2) is 27.4 Å². The Kier molecular flexibility index (Phi) is 2.29. The van der Waals surface area contributed by atoms with Gasteiger partial charge in [0.05, 0.1) is 11.7 Å². The fourth-order valence-electron chi connectivity index (χ4n) is 1.25. The molecule has 2 rings (SSSR count). The molecule has 2 aromatic rings. The predicted molar refractivity (Wildman–Crippen MR) is 53.8 cm³/mol. The quantitative estimate of drug-likeness (QED) is 0.796. The minimum Gasteiger partial charge on any atom is -0.479 e. The topological polar surface area (TPSA) is 75.2 Å². The first-order valence-electron chi connectivity index (χ1n) is 4.49. The highest BCUT2D eigenvalue weighted by atomic mass is 16.5. The van der Waals surface area contributed by atoms with Crippen molar-refractivity contribution in [2.75, 3.05) is 0 Å². The fraction of sp³-hybridized carbons (Fsp3) is 0.200. The molecule has 0 unspecified atom stereocenters. The highest BCUT2D eigenvalue weighted by molar-refractivity contribution is 5.79. The van der Waals surface area contributed by atoms with Crippen LogP contribution in [-0.2, 0) is 4.79 Å². The number of carboxylic acid groups (broad SMARTS) is 1. The molecule has 0 bridgehead atoms. The number of nitrogens with one attached hydrogen (secondary N) is 1. The average molecular weight is 206 g/mol. The van der Waals surface area contributed by atoms with Gasteiger partial charge in [0.15, 0.2) is 6.10 Å². The van der Waals surface area contributed by atoms with E-state index in [1.165, 1.54) is 6.92 Å². The molecule has 5 heteroatoms. The third-order valence-corrected chi connectivity index (χ3v) is 2.07. The Bertz CT molecular complexity index is 492. The molecule has 0 saturated carbocycles. The molecular weight excluding hydrogens is 196 g/mol. The van der Waals surface area contributed by atoms with Gasteiger partial charge < -0.3 is 9.84 Å². The maximum Gasteiger partial charge on any atom is 0.344 e. The van der Waals surface area contributed by atoms with Gasteiger partial charge in [-0.15, -0.1) is 0 Å². The van der Waals surface area contributed by atoms with Crippen molar-refractivity contribution in [2.24, 2.45) is 0 Å². The zero-order valence-electron chi connectivity index (χ0n) is 8.10. The number of ether oxygens (including phenoxy) is 1. The fourth-order valence-corrected chi connectivity index (χ4v) is 1.25. The number of carbonyl (C=O) groups is 1. The number of carboxylic acids is 1. The van der Waals surface area contributed by atoms with E-state index in [2.05, 4.69) is 10.2 Å². The van der Waals surface area contributed by atoms with Gasteiger partial charge >= 0.3 is 5.97 Å². The molecule has 0 spiro atoms. The van der Waals surface area contributed by atoms with E-state index in [0.717, 1.165) is 10.9 Å². The van der Waals surface area contributed by atoms with Gasteiger partial charge in [-0.1, -0.05) is 0 Å². The Morgan fingerprint density at radius 1 is 1.60 bits per heavy atom. The van der Waals surface area contributed by atoms with Crippen LogP contribution in [0.2, 0.25) is 0 Å². The Balaban J connectivity index is 2.24. The molecule has 0 aliphatic rings. The number of benzene rings is 1. The van der Waals surface area contributed by atoms with Crippen LogP contribution in [0.15, 0.2) is 24.4 Å². The van der Waals surface area contributed by atoms with Gasteiger partial charge in [-0.3, -0.25) is 5.10 Å². The second kappa shape index (κ2) is 3.61. The van der Waals surface area contributed by atoms with E-state index >= 15 is 0 Å². The van der Waals surface area contributed by atoms with Crippen LogP contribution < -0.4 is 4.74 Å². The second-order valence-electron chi connectivity index (χ2n) is 3.22. The van der Waals surface area contributed by atoms with Gasteiger partial charge in [0, 0.05) is 5.39 Å². The summed E-state index contributed by atoms with van der Waals surface area (Å²) in [5.41, 5.74) is 0.894. The zero-order valence-corrected chi connectivity index (χ0v) is 8.10.